The van der Waals surface area contributed by atoms with Crippen molar-refractivity contribution in [3.05, 3.63) is 29.8 Å². The quantitative estimate of drug-likeness (QED) is 0.190. The van der Waals surface area contributed by atoms with Crippen molar-refractivity contribution in [1.29, 1.82) is 0 Å². The summed E-state index contributed by atoms with van der Waals surface area (Å²) < 4.78 is 5.63. The van der Waals surface area contributed by atoms with E-state index < -0.39 is 0 Å². The number of hydrogen-bond acceptors (Lipinski definition) is 2. The van der Waals surface area contributed by atoms with Crippen LogP contribution in [0, 0.1) is 0 Å². The van der Waals surface area contributed by atoms with Crippen molar-refractivity contribution in [1.82, 2.24) is 0 Å². The van der Waals surface area contributed by atoms with Gasteiger partial charge in [0.2, 0.25) is 0 Å². The van der Waals surface area contributed by atoms with Crippen LogP contribution >= 0.6 is 0 Å². The number of benzene rings is 1. The standard InChI is InChI=1S/C23H38O2/c1-3-5-7-9-10-12-14-20-23(24)25-22-19-16-15-18-21(22)17-13-11-8-6-4-2/h15-16,18-19H,3-14,17,20H2,1-2H3. The van der Waals surface area contributed by atoms with Gasteiger partial charge in [-0.25, -0.2) is 0 Å². The molecular formula is C23H38O2. The van der Waals surface area contributed by atoms with Crippen molar-refractivity contribution < 1.29 is 9.53 Å². The lowest BCUT2D eigenvalue weighted by Crippen LogP contribution is -2.09. The fourth-order valence-electron chi connectivity index (χ4n) is 3.13. The Hall–Kier alpha value is -1.31. The van der Waals surface area contributed by atoms with Crippen molar-refractivity contribution in [2.75, 3.05) is 0 Å². The second-order valence-electron chi connectivity index (χ2n) is 7.12. The lowest BCUT2D eigenvalue weighted by atomic mass is 10.0. The van der Waals surface area contributed by atoms with Crippen LogP contribution in [0.25, 0.3) is 0 Å². The molecule has 2 nitrogen and oxygen atoms in total. The molecule has 2 heteroatoms. The van der Waals surface area contributed by atoms with Gasteiger partial charge in [0, 0.05) is 6.42 Å². The number of ether oxygens (including phenoxy) is 1. The highest BCUT2D eigenvalue weighted by Gasteiger charge is 2.08. The number of esters is 1. The topological polar surface area (TPSA) is 26.3 Å². The summed E-state index contributed by atoms with van der Waals surface area (Å²) in [7, 11) is 0. The van der Waals surface area contributed by atoms with Crippen LogP contribution in [0.1, 0.15) is 103 Å². The number of unbranched alkanes of at least 4 members (excludes halogenated alkanes) is 10. The van der Waals surface area contributed by atoms with Crippen LogP contribution in [-0.2, 0) is 11.2 Å². The fraction of sp³-hybridized carbons (Fsp3) is 0.696. The maximum atomic E-state index is 12.1. The molecule has 0 N–H and O–H groups in total. The summed E-state index contributed by atoms with van der Waals surface area (Å²) in [5.74, 6) is 0.693. The molecule has 0 radical (unpaired) electrons. The predicted molar refractivity (Wildman–Crippen MR) is 107 cm³/mol. The second kappa shape index (κ2) is 15.0. The molecule has 1 aromatic carbocycles. The molecule has 0 fully saturated rings. The number of rotatable bonds is 15. The molecule has 0 spiro atoms. The maximum absolute atomic E-state index is 12.1. The lowest BCUT2D eigenvalue weighted by Gasteiger charge is -2.10. The molecule has 25 heavy (non-hydrogen) atoms. The Kier molecular flexibility index (Phi) is 13.0. The fourth-order valence-corrected chi connectivity index (χ4v) is 3.13. The van der Waals surface area contributed by atoms with E-state index in [0.29, 0.717) is 6.42 Å². The molecule has 1 rings (SSSR count). The second-order valence-corrected chi connectivity index (χ2v) is 7.12. The molecule has 1 aromatic rings. The van der Waals surface area contributed by atoms with Crippen LogP contribution in [0.3, 0.4) is 0 Å². The minimum Gasteiger partial charge on any atom is -0.426 e. The molecule has 0 heterocycles. The van der Waals surface area contributed by atoms with E-state index in [1.165, 1.54) is 69.8 Å². The van der Waals surface area contributed by atoms with Crippen LogP contribution in [0.2, 0.25) is 0 Å². The molecule has 0 aromatic heterocycles. The lowest BCUT2D eigenvalue weighted by molar-refractivity contribution is -0.134. The Morgan fingerprint density at radius 1 is 0.760 bits per heavy atom. The average Bonchev–Trinajstić information content (AvgIpc) is 2.62. The van der Waals surface area contributed by atoms with E-state index >= 15 is 0 Å². The first-order chi connectivity index (χ1) is 12.3. The number of hydrogen-bond donors (Lipinski definition) is 0. The van der Waals surface area contributed by atoms with Gasteiger partial charge in [0.05, 0.1) is 0 Å². The first-order valence-electron chi connectivity index (χ1n) is 10.6. The Morgan fingerprint density at radius 2 is 1.32 bits per heavy atom. The minimum absolute atomic E-state index is 0.0769. The summed E-state index contributed by atoms with van der Waals surface area (Å²) in [5.41, 5.74) is 1.17. The zero-order valence-corrected chi connectivity index (χ0v) is 16.5. The Bertz CT molecular complexity index is 453. The van der Waals surface area contributed by atoms with Gasteiger partial charge in [-0.3, -0.25) is 4.79 Å². The van der Waals surface area contributed by atoms with Crippen molar-refractivity contribution in [3.63, 3.8) is 0 Å². The number of carbonyl (C=O) groups excluding carboxylic acids is 1. The predicted octanol–water partition coefficient (Wildman–Crippen LogP) is 7.25. The Labute approximate surface area is 155 Å². The highest BCUT2D eigenvalue weighted by molar-refractivity contribution is 5.72. The molecule has 0 saturated heterocycles. The molecule has 0 amide bonds. The van der Waals surface area contributed by atoms with Gasteiger partial charge < -0.3 is 4.74 Å². The van der Waals surface area contributed by atoms with Crippen LogP contribution in [0.5, 0.6) is 5.75 Å². The van der Waals surface area contributed by atoms with Crippen LogP contribution in [0.4, 0.5) is 0 Å². The summed E-state index contributed by atoms with van der Waals surface area (Å²) in [6, 6.07) is 8.02. The van der Waals surface area contributed by atoms with E-state index in [2.05, 4.69) is 19.9 Å². The van der Waals surface area contributed by atoms with Crippen LogP contribution < -0.4 is 4.74 Å². The molecule has 142 valence electrons. The SMILES string of the molecule is CCCCCCCCCC(=O)Oc1ccccc1CCCCCCC. The molecule has 0 saturated carbocycles. The normalized spacial score (nSPS) is 10.8. The van der Waals surface area contributed by atoms with E-state index in [1.54, 1.807) is 0 Å². The van der Waals surface area contributed by atoms with Gasteiger partial charge >= 0.3 is 5.97 Å². The monoisotopic (exact) mass is 346 g/mol. The van der Waals surface area contributed by atoms with E-state index in [-0.39, 0.29) is 5.97 Å². The van der Waals surface area contributed by atoms with Gasteiger partial charge in [0.1, 0.15) is 5.75 Å². The highest BCUT2D eigenvalue weighted by atomic mass is 16.5. The molecule has 0 atom stereocenters. The first-order valence-corrected chi connectivity index (χ1v) is 10.6. The summed E-state index contributed by atoms with van der Waals surface area (Å²) in [6.07, 6.45) is 16.4. The zero-order chi connectivity index (χ0) is 18.2. The van der Waals surface area contributed by atoms with Crippen LogP contribution in [-0.4, -0.2) is 5.97 Å². The summed E-state index contributed by atoms with van der Waals surface area (Å²) >= 11 is 0. The molecule has 0 aliphatic heterocycles. The Morgan fingerprint density at radius 3 is 2.00 bits per heavy atom. The third-order valence-electron chi connectivity index (χ3n) is 4.73. The maximum Gasteiger partial charge on any atom is 0.311 e. The van der Waals surface area contributed by atoms with E-state index in [9.17, 15) is 4.79 Å². The van der Waals surface area contributed by atoms with Gasteiger partial charge in [0.25, 0.3) is 0 Å². The van der Waals surface area contributed by atoms with Gasteiger partial charge in [-0.1, -0.05) is 96.3 Å². The largest absolute Gasteiger partial charge is 0.426 e. The smallest absolute Gasteiger partial charge is 0.311 e. The van der Waals surface area contributed by atoms with Crippen molar-refractivity contribution in [2.24, 2.45) is 0 Å². The average molecular weight is 347 g/mol. The third-order valence-corrected chi connectivity index (χ3v) is 4.73. The van der Waals surface area contributed by atoms with Gasteiger partial charge in [-0.05, 0) is 30.9 Å². The number of aryl methyl sites for hydroxylation is 1. The molecule has 0 unspecified atom stereocenters. The highest BCUT2D eigenvalue weighted by Crippen LogP contribution is 2.21. The summed E-state index contributed by atoms with van der Waals surface area (Å²) in [4.78, 5) is 12.1. The van der Waals surface area contributed by atoms with E-state index in [0.717, 1.165) is 25.0 Å². The first kappa shape index (κ1) is 21.7. The Balaban J connectivity index is 2.24. The molecular weight excluding hydrogens is 308 g/mol. The van der Waals surface area contributed by atoms with Gasteiger partial charge in [0.15, 0.2) is 0 Å². The van der Waals surface area contributed by atoms with Gasteiger partial charge in [-0.2, -0.15) is 0 Å². The van der Waals surface area contributed by atoms with Crippen molar-refractivity contribution in [2.45, 2.75) is 104 Å². The third kappa shape index (κ3) is 11.0. The summed E-state index contributed by atoms with van der Waals surface area (Å²) in [6.45, 7) is 4.47. The number of para-hydroxylation sites is 1. The van der Waals surface area contributed by atoms with Crippen molar-refractivity contribution >= 4 is 5.97 Å². The van der Waals surface area contributed by atoms with Gasteiger partial charge in [-0.15, -0.1) is 0 Å². The molecule has 0 bridgehead atoms. The molecule has 0 aliphatic carbocycles. The number of carbonyl (C=O) groups is 1. The summed E-state index contributed by atoms with van der Waals surface area (Å²) in [5, 5.41) is 0. The molecule has 0 aliphatic rings. The van der Waals surface area contributed by atoms with E-state index in [4.69, 9.17) is 4.74 Å². The zero-order valence-electron chi connectivity index (χ0n) is 16.5. The van der Waals surface area contributed by atoms with Crippen molar-refractivity contribution in [3.8, 4) is 5.75 Å². The minimum atomic E-state index is -0.0769. The van der Waals surface area contributed by atoms with E-state index in [1.807, 2.05) is 18.2 Å². The van der Waals surface area contributed by atoms with Crippen LogP contribution in [0.15, 0.2) is 24.3 Å².